The Morgan fingerprint density at radius 1 is 0.833 bits per heavy atom. The van der Waals surface area contributed by atoms with Gasteiger partial charge in [-0.1, -0.05) is 69.2 Å². The first-order valence-electron chi connectivity index (χ1n) is 14.0. The molecule has 0 aromatic rings. The molecule has 1 N–H and O–H groups in total. The van der Waals surface area contributed by atoms with Crippen LogP contribution in [-0.2, 0) is 23.4 Å². The molecule has 36 heavy (non-hydrogen) atoms. The van der Waals surface area contributed by atoms with E-state index in [4.69, 9.17) is 18.6 Å². The van der Waals surface area contributed by atoms with Crippen LogP contribution in [0.4, 0.5) is 0 Å². The van der Waals surface area contributed by atoms with Crippen molar-refractivity contribution >= 4 is 14.3 Å². The summed E-state index contributed by atoms with van der Waals surface area (Å²) >= 11 is 0. The lowest BCUT2D eigenvalue weighted by Gasteiger charge is -2.41. The molecular weight excluding hydrogens is 472 g/mol. The minimum Gasteiger partial charge on any atom is -0.462 e. The summed E-state index contributed by atoms with van der Waals surface area (Å²) < 4.78 is 24.5. The zero-order valence-corrected chi connectivity index (χ0v) is 27.0. The maximum atomic E-state index is 12.5. The third kappa shape index (κ3) is 11.1. The molecule has 0 aliphatic heterocycles. The number of hydrogen-bond acceptors (Lipinski definition) is 6. The van der Waals surface area contributed by atoms with Crippen LogP contribution in [-0.4, -0.2) is 64.6 Å². The van der Waals surface area contributed by atoms with Crippen molar-refractivity contribution in [1.29, 1.82) is 0 Å². The van der Waals surface area contributed by atoms with Crippen molar-refractivity contribution in [2.45, 2.75) is 131 Å². The lowest BCUT2D eigenvalue weighted by Crippen LogP contribution is -2.46. The summed E-state index contributed by atoms with van der Waals surface area (Å²) in [6.45, 7) is 25.9. The SMILES string of the molecule is CO[C@@H]([C@@H](C)[C@@H](CC[C@H](C)[C@H](C[C@H](O[Si](C)(C)C(C)(C)C)C(C)C)OC)OC(=O)C(C)C)[C@H](C)CO. The van der Waals surface area contributed by atoms with Gasteiger partial charge in [-0.05, 0) is 49.2 Å². The van der Waals surface area contributed by atoms with Crippen LogP contribution >= 0.6 is 0 Å². The number of hydrogen-bond donors (Lipinski definition) is 1. The van der Waals surface area contributed by atoms with Gasteiger partial charge in [0.15, 0.2) is 8.32 Å². The van der Waals surface area contributed by atoms with E-state index < -0.39 is 8.32 Å². The van der Waals surface area contributed by atoms with Crippen LogP contribution in [0.5, 0.6) is 0 Å². The van der Waals surface area contributed by atoms with Crippen molar-refractivity contribution in [2.24, 2.45) is 29.6 Å². The van der Waals surface area contributed by atoms with Gasteiger partial charge < -0.3 is 23.7 Å². The number of carbonyl (C=O) groups excluding carboxylic acids is 1. The van der Waals surface area contributed by atoms with E-state index in [2.05, 4.69) is 61.6 Å². The summed E-state index contributed by atoms with van der Waals surface area (Å²) in [7, 11) is 1.54. The van der Waals surface area contributed by atoms with Gasteiger partial charge in [0.1, 0.15) is 6.10 Å². The van der Waals surface area contributed by atoms with E-state index in [9.17, 15) is 9.90 Å². The van der Waals surface area contributed by atoms with Gasteiger partial charge in [-0.15, -0.1) is 0 Å². The minimum absolute atomic E-state index is 0.0284. The fourth-order valence-electron chi connectivity index (χ4n) is 4.41. The first-order chi connectivity index (χ1) is 16.4. The highest BCUT2D eigenvalue weighted by atomic mass is 28.4. The third-order valence-corrected chi connectivity index (χ3v) is 12.8. The number of rotatable bonds is 17. The average molecular weight is 533 g/mol. The molecule has 7 heteroatoms. The zero-order chi connectivity index (χ0) is 28.4. The van der Waals surface area contributed by atoms with E-state index in [1.807, 2.05) is 20.8 Å². The van der Waals surface area contributed by atoms with Crippen LogP contribution in [0.25, 0.3) is 0 Å². The van der Waals surface area contributed by atoms with Gasteiger partial charge in [-0.25, -0.2) is 0 Å². The Hall–Kier alpha value is -0.473. The van der Waals surface area contributed by atoms with Gasteiger partial charge >= 0.3 is 5.97 Å². The Morgan fingerprint density at radius 2 is 1.39 bits per heavy atom. The number of aliphatic hydroxyl groups is 1. The molecule has 0 aliphatic carbocycles. The molecule has 0 aromatic carbocycles. The van der Waals surface area contributed by atoms with E-state index in [-0.39, 0.29) is 65.7 Å². The fraction of sp³-hybridized carbons (Fsp3) is 0.966. The Bertz CT molecular complexity index is 615. The molecule has 0 bridgehead atoms. The minimum atomic E-state index is -1.90. The monoisotopic (exact) mass is 532 g/mol. The third-order valence-electron chi connectivity index (χ3n) is 8.27. The van der Waals surface area contributed by atoms with Gasteiger partial charge in [0, 0.05) is 38.8 Å². The normalized spacial score (nSPS) is 19.0. The summed E-state index contributed by atoms with van der Waals surface area (Å²) in [5.41, 5.74) is 0. The predicted molar refractivity (Wildman–Crippen MR) is 152 cm³/mol. The first kappa shape index (κ1) is 35.5. The molecule has 7 atom stereocenters. The summed E-state index contributed by atoms with van der Waals surface area (Å²) in [5.74, 6) is 0.178. The van der Waals surface area contributed by atoms with Crippen molar-refractivity contribution in [2.75, 3.05) is 20.8 Å². The number of methoxy groups -OCH3 is 2. The maximum absolute atomic E-state index is 12.5. The van der Waals surface area contributed by atoms with Crippen molar-refractivity contribution < 1.29 is 28.5 Å². The average Bonchev–Trinajstić information content (AvgIpc) is 2.77. The van der Waals surface area contributed by atoms with Crippen LogP contribution < -0.4 is 0 Å². The maximum Gasteiger partial charge on any atom is 0.308 e. The molecule has 0 unspecified atom stereocenters. The molecule has 0 amide bonds. The lowest BCUT2D eigenvalue weighted by atomic mass is 9.84. The second-order valence-corrected chi connectivity index (χ2v) is 17.8. The summed E-state index contributed by atoms with van der Waals surface area (Å²) in [6.07, 6.45) is 2.11. The van der Waals surface area contributed by atoms with Gasteiger partial charge in [-0.2, -0.15) is 0 Å². The van der Waals surface area contributed by atoms with Crippen molar-refractivity contribution in [3.63, 3.8) is 0 Å². The van der Waals surface area contributed by atoms with Crippen molar-refractivity contribution in [3.05, 3.63) is 0 Å². The predicted octanol–water partition coefficient (Wildman–Crippen LogP) is 6.70. The number of carbonyl (C=O) groups is 1. The van der Waals surface area contributed by atoms with Crippen LogP contribution in [0.1, 0.15) is 88.5 Å². The van der Waals surface area contributed by atoms with E-state index in [0.717, 1.165) is 12.8 Å². The summed E-state index contributed by atoms with van der Waals surface area (Å²) in [5, 5.41) is 9.86. The van der Waals surface area contributed by atoms with Crippen molar-refractivity contribution in [1.82, 2.24) is 0 Å². The standard InChI is InChI=1S/C29H60O6Si/c1-19(2)25(35-36(13,14)29(8,9)10)17-26(32-11)21(5)15-16-24(34-28(31)20(3)4)23(7)27(33-12)22(6)18-30/h19-27,30H,15-18H2,1-14H3/t21-,22+,23-,24+,25-,26-,27+/m0/s1. The zero-order valence-electron chi connectivity index (χ0n) is 26.0. The largest absolute Gasteiger partial charge is 0.462 e. The Balaban J connectivity index is 5.56. The van der Waals surface area contributed by atoms with Crippen molar-refractivity contribution in [3.8, 4) is 0 Å². The highest BCUT2D eigenvalue weighted by molar-refractivity contribution is 6.74. The lowest BCUT2D eigenvalue weighted by molar-refractivity contribution is -0.160. The molecule has 216 valence electrons. The quantitative estimate of drug-likeness (QED) is 0.166. The van der Waals surface area contributed by atoms with Crippen LogP contribution in [0.3, 0.4) is 0 Å². The molecule has 0 fully saturated rings. The molecule has 0 aromatic heterocycles. The smallest absolute Gasteiger partial charge is 0.308 e. The Morgan fingerprint density at radius 3 is 1.78 bits per heavy atom. The summed E-state index contributed by atoms with van der Waals surface area (Å²) in [6, 6.07) is 0. The highest BCUT2D eigenvalue weighted by Crippen LogP contribution is 2.39. The van der Waals surface area contributed by atoms with Gasteiger partial charge in [0.05, 0.1) is 18.1 Å². The molecule has 0 aliphatic rings. The van der Waals surface area contributed by atoms with Gasteiger partial charge in [-0.3, -0.25) is 4.79 Å². The highest BCUT2D eigenvalue weighted by Gasteiger charge is 2.40. The molecule has 0 radical (unpaired) electrons. The second kappa shape index (κ2) is 15.8. The molecular formula is C29H60O6Si. The van der Waals surface area contributed by atoms with E-state index >= 15 is 0 Å². The summed E-state index contributed by atoms with van der Waals surface area (Å²) in [4.78, 5) is 12.5. The van der Waals surface area contributed by atoms with Crippen LogP contribution in [0.15, 0.2) is 0 Å². The molecule has 6 nitrogen and oxygen atoms in total. The van der Waals surface area contributed by atoms with E-state index in [1.54, 1.807) is 14.2 Å². The molecule has 0 rings (SSSR count). The van der Waals surface area contributed by atoms with Crippen LogP contribution in [0.2, 0.25) is 18.1 Å². The van der Waals surface area contributed by atoms with Crippen LogP contribution in [0, 0.1) is 29.6 Å². The number of esters is 1. The second-order valence-electron chi connectivity index (χ2n) is 13.1. The molecule has 0 saturated heterocycles. The fourth-order valence-corrected chi connectivity index (χ4v) is 5.89. The molecule has 0 saturated carbocycles. The number of ether oxygens (including phenoxy) is 3. The first-order valence-corrected chi connectivity index (χ1v) is 16.9. The van der Waals surface area contributed by atoms with Gasteiger partial charge in [0.25, 0.3) is 0 Å². The van der Waals surface area contributed by atoms with Gasteiger partial charge in [0.2, 0.25) is 0 Å². The topological polar surface area (TPSA) is 74.2 Å². The Labute approximate surface area is 224 Å². The Kier molecular flexibility index (Phi) is 15.6. The van der Waals surface area contributed by atoms with E-state index in [0.29, 0.717) is 12.3 Å². The molecule has 0 spiro atoms. The van der Waals surface area contributed by atoms with E-state index in [1.165, 1.54) is 0 Å². The number of aliphatic hydroxyl groups excluding tert-OH is 1. The molecule has 0 heterocycles.